The number of aliphatic imine (C=N–C) groups is 1. The minimum atomic E-state index is 0.487. The summed E-state index contributed by atoms with van der Waals surface area (Å²) < 4.78 is 0. The van der Waals surface area contributed by atoms with E-state index in [9.17, 15) is 0 Å². The summed E-state index contributed by atoms with van der Waals surface area (Å²) in [6, 6.07) is 4.76. The number of anilines is 1. The molecular weight excluding hydrogens is 348 g/mol. The van der Waals surface area contributed by atoms with Crippen LogP contribution in [0.15, 0.2) is 23.3 Å². The van der Waals surface area contributed by atoms with Gasteiger partial charge in [0, 0.05) is 38.9 Å². The number of hydrogen-bond acceptors (Lipinski definition) is 4. The van der Waals surface area contributed by atoms with E-state index in [-0.39, 0.29) is 0 Å². The molecule has 1 aromatic rings. The van der Waals surface area contributed by atoms with Crippen molar-refractivity contribution in [3.63, 3.8) is 0 Å². The lowest BCUT2D eigenvalue weighted by atomic mass is 9.93. The van der Waals surface area contributed by atoms with Crippen molar-refractivity contribution in [1.29, 1.82) is 0 Å². The fourth-order valence-electron chi connectivity index (χ4n) is 4.27. The van der Waals surface area contributed by atoms with Crippen LogP contribution in [0.2, 0.25) is 0 Å². The van der Waals surface area contributed by atoms with Crippen LogP contribution < -0.4 is 15.5 Å². The van der Waals surface area contributed by atoms with Crippen molar-refractivity contribution < 1.29 is 0 Å². The van der Waals surface area contributed by atoms with Crippen LogP contribution in [0.5, 0.6) is 0 Å². The lowest BCUT2D eigenvalue weighted by molar-refractivity contribution is 0.187. The fourth-order valence-corrected chi connectivity index (χ4v) is 4.27. The molecule has 2 saturated heterocycles. The molecule has 0 bridgehead atoms. The van der Waals surface area contributed by atoms with Gasteiger partial charge in [-0.2, -0.15) is 0 Å². The number of hydrogen-bond donors (Lipinski definition) is 2. The Labute approximate surface area is 170 Å². The molecule has 1 aromatic heterocycles. The van der Waals surface area contributed by atoms with Crippen LogP contribution in [0.3, 0.4) is 0 Å². The van der Waals surface area contributed by atoms with E-state index >= 15 is 0 Å². The maximum Gasteiger partial charge on any atom is 0.191 e. The molecule has 6 nitrogen and oxygen atoms in total. The largest absolute Gasteiger partial charge is 0.356 e. The number of likely N-dealkylation sites (tertiary alicyclic amines) is 1. The van der Waals surface area contributed by atoms with Crippen LogP contribution in [-0.2, 0) is 0 Å². The Morgan fingerprint density at radius 1 is 1.14 bits per heavy atom. The first kappa shape index (κ1) is 20.9. The summed E-state index contributed by atoms with van der Waals surface area (Å²) in [7, 11) is 1.88. The monoisotopic (exact) mass is 386 g/mol. The highest BCUT2D eigenvalue weighted by Crippen LogP contribution is 2.20. The molecule has 0 unspecified atom stereocenters. The molecule has 3 heterocycles. The Hall–Kier alpha value is -1.82. The van der Waals surface area contributed by atoms with E-state index in [1.54, 1.807) is 0 Å². The van der Waals surface area contributed by atoms with E-state index in [0.29, 0.717) is 6.04 Å². The fraction of sp³-hybridized carbons (Fsp3) is 0.727. The van der Waals surface area contributed by atoms with Gasteiger partial charge >= 0.3 is 0 Å². The summed E-state index contributed by atoms with van der Waals surface area (Å²) in [6.45, 7) is 11.2. The smallest absolute Gasteiger partial charge is 0.191 e. The lowest BCUT2D eigenvalue weighted by Gasteiger charge is -2.34. The Morgan fingerprint density at radius 3 is 2.50 bits per heavy atom. The minimum Gasteiger partial charge on any atom is -0.356 e. The van der Waals surface area contributed by atoms with Crippen molar-refractivity contribution in [1.82, 2.24) is 20.5 Å². The van der Waals surface area contributed by atoms with E-state index in [2.05, 4.69) is 56.4 Å². The van der Waals surface area contributed by atoms with Crippen molar-refractivity contribution in [3.8, 4) is 0 Å². The van der Waals surface area contributed by atoms with Crippen molar-refractivity contribution in [2.75, 3.05) is 51.2 Å². The first-order valence-corrected chi connectivity index (χ1v) is 11.0. The van der Waals surface area contributed by atoms with Crippen molar-refractivity contribution in [2.24, 2.45) is 10.9 Å². The van der Waals surface area contributed by atoms with E-state index in [1.807, 2.05) is 13.2 Å². The Balaban J connectivity index is 1.34. The topological polar surface area (TPSA) is 55.8 Å². The Bertz CT molecular complexity index is 598. The molecule has 0 saturated carbocycles. The number of pyridine rings is 1. The number of aromatic nitrogens is 1. The second kappa shape index (κ2) is 10.6. The highest BCUT2D eigenvalue weighted by atomic mass is 15.2. The van der Waals surface area contributed by atoms with E-state index in [4.69, 9.17) is 0 Å². The van der Waals surface area contributed by atoms with Crippen molar-refractivity contribution in [3.05, 3.63) is 23.9 Å². The zero-order chi connectivity index (χ0) is 19.8. The van der Waals surface area contributed by atoms with Crippen LogP contribution in [0.4, 0.5) is 5.82 Å². The first-order chi connectivity index (χ1) is 13.7. The van der Waals surface area contributed by atoms with Crippen LogP contribution >= 0.6 is 0 Å². The predicted molar refractivity (Wildman–Crippen MR) is 118 cm³/mol. The zero-order valence-corrected chi connectivity index (χ0v) is 18.0. The number of nitrogens with one attached hydrogen (secondary N) is 2. The van der Waals surface area contributed by atoms with E-state index < -0.39 is 0 Å². The molecule has 0 aliphatic carbocycles. The number of rotatable bonds is 6. The molecule has 2 fully saturated rings. The summed E-state index contributed by atoms with van der Waals surface area (Å²) >= 11 is 0. The van der Waals surface area contributed by atoms with Gasteiger partial charge in [0.25, 0.3) is 0 Å². The predicted octanol–water partition coefficient (Wildman–Crippen LogP) is 2.65. The van der Waals surface area contributed by atoms with Gasteiger partial charge in [0.05, 0.1) is 0 Å². The van der Waals surface area contributed by atoms with Crippen molar-refractivity contribution >= 4 is 11.8 Å². The molecule has 28 heavy (non-hydrogen) atoms. The van der Waals surface area contributed by atoms with Gasteiger partial charge < -0.3 is 20.4 Å². The average Bonchev–Trinajstić information content (AvgIpc) is 2.74. The summed E-state index contributed by atoms with van der Waals surface area (Å²) in [5, 5.41) is 7.16. The molecular formula is C22H38N6. The number of nitrogens with zero attached hydrogens (tertiary/aromatic N) is 4. The number of guanidine groups is 1. The van der Waals surface area contributed by atoms with Crippen LogP contribution in [0, 0.1) is 12.8 Å². The quantitative estimate of drug-likeness (QED) is 0.581. The molecule has 2 aliphatic rings. The SMILES string of the molecule is CCN1CCC(CCNC(=NC)NC2CCN(c3ccc(C)cn3)CC2)CC1. The van der Waals surface area contributed by atoms with Gasteiger partial charge in [-0.05, 0) is 76.2 Å². The third-order valence-corrected chi connectivity index (χ3v) is 6.28. The van der Waals surface area contributed by atoms with Gasteiger partial charge in [-0.3, -0.25) is 4.99 Å². The molecule has 2 N–H and O–H groups in total. The van der Waals surface area contributed by atoms with Gasteiger partial charge in [-0.15, -0.1) is 0 Å². The third kappa shape index (κ3) is 6.09. The number of aryl methyl sites for hydroxylation is 1. The highest BCUT2D eigenvalue weighted by Gasteiger charge is 2.21. The van der Waals surface area contributed by atoms with Crippen molar-refractivity contribution in [2.45, 2.75) is 52.0 Å². The molecule has 0 atom stereocenters. The molecule has 3 rings (SSSR count). The minimum absolute atomic E-state index is 0.487. The summed E-state index contributed by atoms with van der Waals surface area (Å²) in [5.41, 5.74) is 1.21. The maximum absolute atomic E-state index is 4.57. The second-order valence-corrected chi connectivity index (χ2v) is 8.26. The second-order valence-electron chi connectivity index (χ2n) is 8.26. The van der Waals surface area contributed by atoms with E-state index in [1.165, 1.54) is 44.5 Å². The molecule has 2 aliphatic heterocycles. The molecule has 0 aromatic carbocycles. The molecule has 0 radical (unpaired) electrons. The highest BCUT2D eigenvalue weighted by molar-refractivity contribution is 5.79. The third-order valence-electron chi connectivity index (χ3n) is 6.28. The van der Waals surface area contributed by atoms with Gasteiger partial charge in [-0.25, -0.2) is 4.98 Å². The van der Waals surface area contributed by atoms with Gasteiger partial charge in [-0.1, -0.05) is 13.0 Å². The Morgan fingerprint density at radius 2 is 1.89 bits per heavy atom. The maximum atomic E-state index is 4.57. The molecule has 6 heteroatoms. The lowest BCUT2D eigenvalue weighted by Crippen LogP contribution is -2.49. The van der Waals surface area contributed by atoms with Gasteiger partial charge in [0.15, 0.2) is 5.96 Å². The zero-order valence-electron chi connectivity index (χ0n) is 18.0. The van der Waals surface area contributed by atoms with Crippen LogP contribution in [-0.4, -0.2) is 68.2 Å². The average molecular weight is 387 g/mol. The summed E-state index contributed by atoms with van der Waals surface area (Å²) in [4.78, 5) is 13.9. The standard InChI is InChI=1S/C22H38N6/c1-4-27-13-8-19(9-14-27)7-12-24-22(23-3)26-20-10-15-28(16-11-20)21-6-5-18(2)17-25-21/h5-6,17,19-20H,4,7-16H2,1-3H3,(H2,23,24,26). The molecule has 0 spiro atoms. The van der Waals surface area contributed by atoms with Gasteiger partial charge in [0.2, 0.25) is 0 Å². The van der Waals surface area contributed by atoms with Gasteiger partial charge in [0.1, 0.15) is 5.82 Å². The van der Waals surface area contributed by atoms with Crippen LogP contribution in [0.1, 0.15) is 44.6 Å². The van der Waals surface area contributed by atoms with E-state index in [0.717, 1.165) is 50.2 Å². The summed E-state index contributed by atoms with van der Waals surface area (Å²) in [6.07, 6.45) is 8.12. The molecule has 0 amide bonds. The normalized spacial score (nSPS) is 20.4. The first-order valence-electron chi connectivity index (χ1n) is 11.0. The summed E-state index contributed by atoms with van der Waals surface area (Å²) in [5.74, 6) is 2.91. The Kier molecular flexibility index (Phi) is 7.95. The molecule has 156 valence electrons. The van der Waals surface area contributed by atoms with Crippen LogP contribution in [0.25, 0.3) is 0 Å². The number of piperidine rings is 2.